The Morgan fingerprint density at radius 2 is 1.53 bits per heavy atom. The molecule has 0 bridgehead atoms. The summed E-state index contributed by atoms with van der Waals surface area (Å²) in [5, 5.41) is 0. The molecule has 0 radical (unpaired) electrons. The van der Waals surface area contributed by atoms with E-state index in [0.29, 0.717) is 0 Å². The van der Waals surface area contributed by atoms with Gasteiger partial charge in [-0.2, -0.15) is 0 Å². The lowest BCUT2D eigenvalue weighted by molar-refractivity contribution is 0.296. The first kappa shape index (κ1) is 15.8. The normalized spacial score (nSPS) is 12.4. The predicted molar refractivity (Wildman–Crippen MR) is 72.3 cm³/mol. The van der Waals surface area contributed by atoms with Crippen molar-refractivity contribution in [2.24, 2.45) is 0 Å². The van der Waals surface area contributed by atoms with E-state index in [1.54, 1.807) is 0 Å². The minimum Gasteiger partial charge on any atom is -0.415 e. The Bertz CT molecular complexity index is 152. The van der Waals surface area contributed by atoms with E-state index >= 15 is 0 Å². The summed E-state index contributed by atoms with van der Waals surface area (Å²) in [6.45, 7) is 7.18. The predicted octanol–water partition coefficient (Wildman–Crippen LogP) is 4.91. The third kappa shape index (κ3) is 8.55. The minimum absolute atomic E-state index is 0.322. The lowest BCUT2D eigenvalue weighted by Gasteiger charge is -2.23. The van der Waals surface area contributed by atoms with Gasteiger partial charge in [-0.15, -0.1) is 23.2 Å². The molecular weight excluding hydrogens is 247 g/mol. The summed E-state index contributed by atoms with van der Waals surface area (Å²) in [7, 11) is -1.83. The molecule has 0 unspecified atom stereocenters. The van der Waals surface area contributed by atoms with Crippen LogP contribution < -0.4 is 0 Å². The van der Waals surface area contributed by atoms with E-state index in [4.69, 9.17) is 27.6 Å². The molecule has 0 aliphatic heterocycles. The lowest BCUT2D eigenvalue weighted by atomic mass is 10.1. The van der Waals surface area contributed by atoms with Gasteiger partial charge in [0.25, 0.3) is 0 Å². The Kier molecular flexibility index (Phi) is 9.30. The van der Waals surface area contributed by atoms with Crippen molar-refractivity contribution in [2.75, 3.05) is 6.61 Å². The molecule has 0 aromatic heterocycles. The van der Waals surface area contributed by atoms with Crippen molar-refractivity contribution < 1.29 is 4.43 Å². The molecule has 0 spiro atoms. The van der Waals surface area contributed by atoms with Gasteiger partial charge < -0.3 is 4.43 Å². The van der Waals surface area contributed by atoms with E-state index < -0.39 is 8.32 Å². The fraction of sp³-hybridized carbons (Fsp3) is 1.00. The molecule has 0 atom stereocenters. The van der Waals surface area contributed by atoms with Crippen LogP contribution in [0.5, 0.6) is 0 Å². The van der Waals surface area contributed by atoms with Gasteiger partial charge in [0, 0.05) is 6.61 Å². The summed E-state index contributed by atoms with van der Waals surface area (Å²) < 4.78 is 5.45. The fourth-order valence-electron chi connectivity index (χ4n) is 1.28. The molecule has 15 heavy (non-hydrogen) atoms. The molecule has 0 fully saturated rings. The first-order valence-electron chi connectivity index (χ1n) is 5.93. The quantitative estimate of drug-likeness (QED) is 0.329. The van der Waals surface area contributed by atoms with Crippen LogP contribution in [0.25, 0.3) is 0 Å². The van der Waals surface area contributed by atoms with Crippen LogP contribution in [0.2, 0.25) is 13.1 Å². The van der Waals surface area contributed by atoms with Crippen LogP contribution in [-0.2, 0) is 4.43 Å². The highest BCUT2D eigenvalue weighted by atomic mass is 35.5. The Hall–Kier alpha value is 0.757. The highest BCUT2D eigenvalue weighted by Crippen LogP contribution is 2.20. The second-order valence-corrected chi connectivity index (χ2v) is 10.4. The third-order valence-electron chi connectivity index (χ3n) is 2.50. The monoisotopic (exact) mass is 270 g/mol. The molecule has 0 rings (SSSR count). The Morgan fingerprint density at radius 1 is 1.00 bits per heavy atom. The summed E-state index contributed by atoms with van der Waals surface area (Å²) in [6.07, 6.45) is 7.73. The van der Waals surface area contributed by atoms with E-state index in [2.05, 4.69) is 20.0 Å². The first-order valence-corrected chi connectivity index (χ1v) is 9.78. The summed E-state index contributed by atoms with van der Waals surface area (Å²) in [4.78, 5) is 0. The van der Waals surface area contributed by atoms with Crippen LogP contribution in [0.3, 0.4) is 0 Å². The van der Waals surface area contributed by atoms with E-state index in [1.807, 2.05) is 0 Å². The van der Waals surface area contributed by atoms with Crippen molar-refractivity contribution >= 4 is 31.5 Å². The Labute approximate surface area is 106 Å². The number of unbranched alkanes of at least 4 members (excludes halogenated alkanes) is 5. The van der Waals surface area contributed by atoms with Crippen molar-refractivity contribution in [3.63, 3.8) is 0 Å². The second-order valence-electron chi connectivity index (χ2n) is 4.52. The minimum atomic E-state index is -1.83. The van der Waals surface area contributed by atoms with Crippen LogP contribution in [0, 0.1) is 0 Å². The molecule has 4 heteroatoms. The Balaban J connectivity index is 3.31. The van der Waals surface area contributed by atoms with Crippen molar-refractivity contribution in [1.82, 2.24) is 0 Å². The molecule has 0 aliphatic rings. The summed E-state index contributed by atoms with van der Waals surface area (Å²) in [5.41, 5.74) is 0. The molecule has 0 saturated carbocycles. The van der Waals surface area contributed by atoms with Gasteiger partial charge in [-0.25, -0.2) is 0 Å². The van der Waals surface area contributed by atoms with Crippen molar-refractivity contribution in [3.05, 3.63) is 0 Å². The van der Waals surface area contributed by atoms with Gasteiger partial charge in [-0.1, -0.05) is 39.0 Å². The maximum atomic E-state index is 5.85. The van der Waals surface area contributed by atoms with Gasteiger partial charge in [0.2, 0.25) is 8.32 Å². The molecular formula is C11H24Cl2OSi. The molecule has 0 aromatic carbocycles. The van der Waals surface area contributed by atoms with Crippen LogP contribution in [-0.4, -0.2) is 19.4 Å². The molecule has 0 amide bonds. The second kappa shape index (κ2) is 8.86. The van der Waals surface area contributed by atoms with Crippen LogP contribution >= 0.6 is 23.2 Å². The zero-order valence-corrected chi connectivity index (χ0v) is 12.7. The highest BCUT2D eigenvalue weighted by Gasteiger charge is 2.30. The third-order valence-corrected chi connectivity index (χ3v) is 7.65. The van der Waals surface area contributed by atoms with Crippen LogP contribution in [0.15, 0.2) is 0 Å². The lowest BCUT2D eigenvalue weighted by Crippen LogP contribution is -2.38. The van der Waals surface area contributed by atoms with Crippen molar-refractivity contribution in [3.8, 4) is 0 Å². The average molecular weight is 271 g/mol. The fourth-order valence-corrected chi connectivity index (χ4v) is 2.45. The number of hydrogen-bond donors (Lipinski definition) is 0. The number of alkyl halides is 2. The summed E-state index contributed by atoms with van der Waals surface area (Å²) in [5.74, 6) is 0. The molecule has 0 aliphatic carbocycles. The molecule has 0 saturated heterocycles. The average Bonchev–Trinajstić information content (AvgIpc) is 2.16. The summed E-state index contributed by atoms with van der Waals surface area (Å²) >= 11 is 11.7. The van der Waals surface area contributed by atoms with Crippen molar-refractivity contribution in [1.29, 1.82) is 0 Å². The first-order chi connectivity index (χ1) is 7.00. The van der Waals surface area contributed by atoms with Crippen LogP contribution in [0.4, 0.5) is 0 Å². The summed E-state index contributed by atoms with van der Waals surface area (Å²) in [6, 6.07) is 0. The zero-order chi connectivity index (χ0) is 11.7. The van der Waals surface area contributed by atoms with Gasteiger partial charge in [0.1, 0.15) is 4.46 Å². The van der Waals surface area contributed by atoms with Gasteiger partial charge >= 0.3 is 0 Å². The number of rotatable bonds is 9. The van der Waals surface area contributed by atoms with Crippen LogP contribution in [0.1, 0.15) is 45.4 Å². The molecule has 0 aromatic rings. The number of halogens is 2. The Morgan fingerprint density at radius 3 is 2.07 bits per heavy atom. The maximum absolute atomic E-state index is 5.85. The zero-order valence-electron chi connectivity index (χ0n) is 10.2. The molecule has 92 valence electrons. The standard InChI is InChI=1S/C11H24Cl2OSi/c1-4-5-6-7-8-9-10-14-15(2,3)11(12)13/h11H,4-10H2,1-3H3. The van der Waals surface area contributed by atoms with E-state index in [1.165, 1.54) is 32.1 Å². The van der Waals surface area contributed by atoms with E-state index in [0.717, 1.165) is 13.0 Å². The maximum Gasteiger partial charge on any atom is 0.220 e. The van der Waals surface area contributed by atoms with Gasteiger partial charge in [0.15, 0.2) is 0 Å². The largest absolute Gasteiger partial charge is 0.415 e. The van der Waals surface area contributed by atoms with Gasteiger partial charge in [-0.3, -0.25) is 0 Å². The SMILES string of the molecule is CCCCCCCCO[Si](C)(C)C(Cl)Cl. The van der Waals surface area contributed by atoms with Gasteiger partial charge in [-0.05, 0) is 19.5 Å². The number of hydrogen-bond acceptors (Lipinski definition) is 1. The molecule has 1 nitrogen and oxygen atoms in total. The highest BCUT2D eigenvalue weighted by molar-refractivity contribution is 6.87. The molecule has 0 N–H and O–H groups in total. The van der Waals surface area contributed by atoms with E-state index in [9.17, 15) is 0 Å². The van der Waals surface area contributed by atoms with Crippen molar-refractivity contribution in [2.45, 2.75) is 63.0 Å². The van der Waals surface area contributed by atoms with E-state index in [-0.39, 0.29) is 4.46 Å². The smallest absolute Gasteiger partial charge is 0.220 e. The molecule has 0 heterocycles. The van der Waals surface area contributed by atoms with Gasteiger partial charge in [0.05, 0.1) is 0 Å². The topological polar surface area (TPSA) is 9.23 Å².